The first-order valence-corrected chi connectivity index (χ1v) is 16.4. The average molecular weight is 630 g/mol. The van der Waals surface area contributed by atoms with E-state index in [-0.39, 0.29) is 30.9 Å². The van der Waals surface area contributed by atoms with Crippen molar-refractivity contribution in [2.75, 3.05) is 38.3 Å². The summed E-state index contributed by atoms with van der Waals surface area (Å²) in [5.74, 6) is -1.75. The molecule has 2 unspecified atom stereocenters. The second-order valence-electron chi connectivity index (χ2n) is 12.6. The molecule has 3 aliphatic rings. The van der Waals surface area contributed by atoms with E-state index in [2.05, 4.69) is 13.2 Å². The van der Waals surface area contributed by atoms with Gasteiger partial charge in [0.2, 0.25) is 11.8 Å². The summed E-state index contributed by atoms with van der Waals surface area (Å²) in [5.41, 5.74) is -0.553. The van der Waals surface area contributed by atoms with Gasteiger partial charge in [-0.3, -0.25) is 14.4 Å². The van der Waals surface area contributed by atoms with E-state index in [1.54, 1.807) is 58.2 Å². The third-order valence-electron chi connectivity index (χ3n) is 10.2. The first-order chi connectivity index (χ1) is 22.2. The zero-order valence-corrected chi connectivity index (χ0v) is 27.3. The van der Waals surface area contributed by atoms with Crippen molar-refractivity contribution in [3.05, 3.63) is 85.5 Å². The maximum absolute atomic E-state index is 15.0. The van der Waals surface area contributed by atoms with Crippen molar-refractivity contribution in [1.82, 2.24) is 9.80 Å². The van der Waals surface area contributed by atoms with Crippen LogP contribution in [0.1, 0.15) is 45.1 Å². The van der Waals surface area contributed by atoms with Crippen molar-refractivity contribution in [3.63, 3.8) is 0 Å². The highest BCUT2D eigenvalue weighted by Crippen LogP contribution is 2.65. The SMILES string of the molecule is C=CCN(CCC)C(=O)[C@@H]1[C@H]2C(=O)N([C@@H](CO)Cc3ccccc3)C(C(=O)N(CC=C)c3ccc(OC)cc3)C23CC[C@@]1(CC)O3. The van der Waals surface area contributed by atoms with Gasteiger partial charge in [0.05, 0.1) is 37.2 Å². The number of hydrogen-bond donors (Lipinski definition) is 1. The molecule has 9 nitrogen and oxygen atoms in total. The molecule has 9 heteroatoms. The smallest absolute Gasteiger partial charge is 0.253 e. The number of hydrogen-bond acceptors (Lipinski definition) is 6. The highest BCUT2D eigenvalue weighted by atomic mass is 16.5. The number of aliphatic hydroxyl groups excluding tert-OH is 1. The van der Waals surface area contributed by atoms with Gasteiger partial charge in [-0.15, -0.1) is 13.2 Å². The summed E-state index contributed by atoms with van der Waals surface area (Å²) in [6.45, 7) is 12.5. The molecule has 2 aromatic carbocycles. The zero-order valence-electron chi connectivity index (χ0n) is 27.3. The van der Waals surface area contributed by atoms with Gasteiger partial charge in [-0.1, -0.05) is 56.3 Å². The maximum Gasteiger partial charge on any atom is 0.253 e. The second-order valence-corrected chi connectivity index (χ2v) is 12.6. The molecule has 46 heavy (non-hydrogen) atoms. The second kappa shape index (κ2) is 13.8. The van der Waals surface area contributed by atoms with Crippen molar-refractivity contribution < 1.29 is 29.0 Å². The summed E-state index contributed by atoms with van der Waals surface area (Å²) in [7, 11) is 1.58. The molecule has 3 heterocycles. The minimum Gasteiger partial charge on any atom is -0.497 e. The fraction of sp³-hybridized carbons (Fsp3) is 0.486. The Hall–Kier alpha value is -3.95. The highest BCUT2D eigenvalue weighted by molar-refractivity contribution is 6.05. The van der Waals surface area contributed by atoms with E-state index in [4.69, 9.17) is 9.47 Å². The Labute approximate surface area is 272 Å². The summed E-state index contributed by atoms with van der Waals surface area (Å²) in [5, 5.41) is 10.8. The van der Waals surface area contributed by atoms with E-state index >= 15 is 4.79 Å². The van der Waals surface area contributed by atoms with Gasteiger partial charge in [-0.2, -0.15) is 0 Å². The van der Waals surface area contributed by atoms with Gasteiger partial charge >= 0.3 is 0 Å². The third-order valence-corrected chi connectivity index (χ3v) is 10.2. The summed E-state index contributed by atoms with van der Waals surface area (Å²) in [4.78, 5) is 49.3. The fourth-order valence-electron chi connectivity index (χ4n) is 8.12. The number of aliphatic hydroxyl groups is 1. The molecule has 3 amide bonds. The van der Waals surface area contributed by atoms with Gasteiger partial charge in [0.15, 0.2) is 0 Å². The molecule has 3 fully saturated rings. The molecule has 2 aromatic rings. The third kappa shape index (κ3) is 5.53. The summed E-state index contributed by atoms with van der Waals surface area (Å²) in [6.07, 6.45) is 6.00. The van der Waals surface area contributed by atoms with E-state index in [0.29, 0.717) is 50.2 Å². The molecule has 0 aromatic heterocycles. The van der Waals surface area contributed by atoms with E-state index < -0.39 is 35.1 Å². The number of carbonyl (C=O) groups excluding carboxylic acids is 3. The number of anilines is 1. The van der Waals surface area contributed by atoms with Gasteiger partial charge in [0.25, 0.3) is 5.91 Å². The number of methoxy groups -OCH3 is 1. The molecule has 5 rings (SSSR count). The van der Waals surface area contributed by atoms with Crippen LogP contribution in [0.2, 0.25) is 0 Å². The van der Waals surface area contributed by atoms with Crippen LogP contribution in [0.4, 0.5) is 5.69 Å². The molecule has 0 saturated carbocycles. The molecule has 3 aliphatic heterocycles. The van der Waals surface area contributed by atoms with Gasteiger partial charge in [0.1, 0.15) is 17.4 Å². The van der Waals surface area contributed by atoms with Crippen molar-refractivity contribution in [1.29, 1.82) is 0 Å². The van der Waals surface area contributed by atoms with Crippen LogP contribution in [0.5, 0.6) is 5.75 Å². The normalized spacial score (nSPS) is 26.8. The van der Waals surface area contributed by atoms with Gasteiger partial charge in [0, 0.05) is 25.3 Å². The molecule has 3 saturated heterocycles. The molecule has 1 spiro atoms. The number of carbonyl (C=O) groups is 3. The van der Waals surface area contributed by atoms with Crippen molar-refractivity contribution in [2.24, 2.45) is 11.8 Å². The van der Waals surface area contributed by atoms with Gasteiger partial charge < -0.3 is 29.3 Å². The number of ether oxygens (including phenoxy) is 2. The number of amides is 3. The number of likely N-dealkylation sites (tertiary alicyclic amines) is 1. The predicted molar refractivity (Wildman–Crippen MR) is 177 cm³/mol. The Morgan fingerprint density at radius 1 is 1.07 bits per heavy atom. The molecular formula is C37H47N3O6. The first kappa shape index (κ1) is 33.4. The molecule has 0 aliphatic carbocycles. The monoisotopic (exact) mass is 629 g/mol. The Morgan fingerprint density at radius 2 is 1.76 bits per heavy atom. The Kier molecular flexibility index (Phi) is 10.0. The summed E-state index contributed by atoms with van der Waals surface area (Å²) in [6, 6.07) is 15.0. The number of fused-ring (bicyclic) bond motifs is 1. The van der Waals surface area contributed by atoms with E-state index in [0.717, 1.165) is 12.0 Å². The lowest BCUT2D eigenvalue weighted by molar-refractivity contribution is -0.153. The van der Waals surface area contributed by atoms with Crippen LogP contribution in [0.15, 0.2) is 79.9 Å². The van der Waals surface area contributed by atoms with Gasteiger partial charge in [-0.05, 0) is 61.9 Å². The predicted octanol–water partition coefficient (Wildman–Crippen LogP) is 4.40. The number of nitrogens with zero attached hydrogens (tertiary/aromatic N) is 3. The molecular weight excluding hydrogens is 582 g/mol. The van der Waals surface area contributed by atoms with Crippen LogP contribution in [0.25, 0.3) is 0 Å². The molecule has 1 N–H and O–H groups in total. The highest BCUT2D eigenvalue weighted by Gasteiger charge is 2.79. The van der Waals surface area contributed by atoms with Crippen LogP contribution in [-0.2, 0) is 25.5 Å². The largest absolute Gasteiger partial charge is 0.497 e. The molecule has 6 atom stereocenters. The van der Waals surface area contributed by atoms with E-state index in [1.165, 1.54) is 0 Å². The van der Waals surface area contributed by atoms with Crippen molar-refractivity contribution in [2.45, 2.75) is 69.2 Å². The number of rotatable bonds is 15. The molecule has 246 valence electrons. The lowest BCUT2D eigenvalue weighted by Crippen LogP contribution is -2.59. The first-order valence-electron chi connectivity index (χ1n) is 16.4. The Morgan fingerprint density at radius 3 is 2.35 bits per heavy atom. The summed E-state index contributed by atoms with van der Waals surface area (Å²) >= 11 is 0. The average Bonchev–Trinajstić information content (AvgIpc) is 3.69. The Balaban J connectivity index is 1.65. The maximum atomic E-state index is 15.0. The molecule has 2 bridgehead atoms. The van der Waals surface area contributed by atoms with Crippen LogP contribution < -0.4 is 9.64 Å². The van der Waals surface area contributed by atoms with Crippen molar-refractivity contribution in [3.8, 4) is 5.75 Å². The van der Waals surface area contributed by atoms with Crippen LogP contribution in [-0.4, -0.2) is 89.3 Å². The topological polar surface area (TPSA) is 99.6 Å². The minimum absolute atomic E-state index is 0.140. The summed E-state index contributed by atoms with van der Waals surface area (Å²) < 4.78 is 12.4. The Bertz CT molecular complexity index is 1430. The standard InChI is InChI=1S/C37H47N3O6/c1-6-21-38(22-7-2)33(42)30-31-34(43)40(28(25-41)24-26-13-11-10-12-14-26)32(37(31)20-19-36(30,9-4)46-37)35(44)39(23-8-3)27-15-17-29(45-5)18-16-27/h6,8,10-18,28,30-32,41H,1,3,7,9,19-25H2,2,4-5H3/t28-,30+,31+,32?,36-,37?/m1/s1. The lowest BCUT2D eigenvalue weighted by atomic mass is 9.64. The quantitative estimate of drug-likeness (QED) is 0.294. The van der Waals surface area contributed by atoms with E-state index in [1.807, 2.05) is 44.2 Å². The van der Waals surface area contributed by atoms with Crippen LogP contribution in [0, 0.1) is 11.8 Å². The molecule has 0 radical (unpaired) electrons. The fourth-order valence-corrected chi connectivity index (χ4v) is 8.12. The number of benzene rings is 2. The van der Waals surface area contributed by atoms with Crippen molar-refractivity contribution >= 4 is 23.4 Å². The van der Waals surface area contributed by atoms with Crippen LogP contribution in [0.3, 0.4) is 0 Å². The minimum atomic E-state index is -1.23. The zero-order chi connectivity index (χ0) is 33.1. The lowest BCUT2D eigenvalue weighted by Gasteiger charge is -2.39. The van der Waals surface area contributed by atoms with Gasteiger partial charge in [-0.25, -0.2) is 0 Å². The van der Waals surface area contributed by atoms with Crippen LogP contribution >= 0.6 is 0 Å². The van der Waals surface area contributed by atoms with E-state index in [9.17, 15) is 14.7 Å².